The van der Waals surface area contributed by atoms with Crippen molar-refractivity contribution in [2.45, 2.75) is 25.4 Å². The highest BCUT2D eigenvalue weighted by molar-refractivity contribution is 6.31. The lowest BCUT2D eigenvalue weighted by molar-refractivity contribution is 0.193. The zero-order valence-corrected chi connectivity index (χ0v) is 11.4. The van der Waals surface area contributed by atoms with Gasteiger partial charge in [-0.25, -0.2) is 14.2 Å². The van der Waals surface area contributed by atoms with Crippen molar-refractivity contribution in [1.29, 1.82) is 0 Å². The average molecular weight is 294 g/mol. The second kappa shape index (κ2) is 5.25. The number of amides is 1. The van der Waals surface area contributed by atoms with Gasteiger partial charge >= 0.3 is 6.03 Å². The number of aromatic nitrogens is 2. The van der Waals surface area contributed by atoms with E-state index in [1.165, 1.54) is 17.0 Å². The van der Waals surface area contributed by atoms with Gasteiger partial charge in [0.05, 0.1) is 6.54 Å². The molecular weight excluding hydrogens is 281 g/mol. The minimum Gasteiger partial charge on any atom is -0.317 e. The Bertz CT molecular complexity index is 605. The van der Waals surface area contributed by atoms with Crippen LogP contribution in [0.3, 0.4) is 0 Å². The molecular formula is C14H13ClFN3O. The number of halogens is 2. The van der Waals surface area contributed by atoms with E-state index in [-0.39, 0.29) is 24.4 Å². The molecule has 1 heterocycles. The maximum Gasteiger partial charge on any atom is 0.329 e. The van der Waals surface area contributed by atoms with Gasteiger partial charge in [0.2, 0.25) is 0 Å². The molecule has 2 aromatic rings. The van der Waals surface area contributed by atoms with Crippen molar-refractivity contribution in [3.8, 4) is 0 Å². The predicted octanol–water partition coefficient (Wildman–Crippen LogP) is 3.31. The van der Waals surface area contributed by atoms with Crippen LogP contribution < -0.4 is 0 Å². The van der Waals surface area contributed by atoms with Crippen molar-refractivity contribution in [3.63, 3.8) is 0 Å². The van der Waals surface area contributed by atoms with Crippen LogP contribution in [0, 0.1) is 5.82 Å². The lowest BCUT2D eigenvalue weighted by Crippen LogP contribution is -2.35. The van der Waals surface area contributed by atoms with E-state index >= 15 is 0 Å². The number of imidazole rings is 1. The fourth-order valence-electron chi connectivity index (χ4n) is 2.11. The Morgan fingerprint density at radius 1 is 1.50 bits per heavy atom. The first-order valence-corrected chi connectivity index (χ1v) is 6.76. The molecule has 0 spiro atoms. The maximum atomic E-state index is 13.9. The third-order valence-corrected chi connectivity index (χ3v) is 3.70. The quantitative estimate of drug-likeness (QED) is 0.871. The molecule has 1 aromatic heterocycles. The van der Waals surface area contributed by atoms with E-state index in [1.807, 2.05) is 0 Å². The Kier molecular flexibility index (Phi) is 3.44. The van der Waals surface area contributed by atoms with Crippen LogP contribution >= 0.6 is 11.6 Å². The number of carbonyl (C=O) groups is 1. The molecule has 4 nitrogen and oxygen atoms in total. The Morgan fingerprint density at radius 2 is 2.30 bits per heavy atom. The van der Waals surface area contributed by atoms with Crippen molar-refractivity contribution in [2.24, 2.45) is 0 Å². The van der Waals surface area contributed by atoms with Crippen molar-refractivity contribution >= 4 is 17.6 Å². The minimum atomic E-state index is -0.387. The molecule has 1 aromatic carbocycles. The Balaban J connectivity index is 1.87. The Morgan fingerprint density at radius 3 is 2.90 bits per heavy atom. The lowest BCUT2D eigenvalue weighted by Gasteiger charge is -2.23. The van der Waals surface area contributed by atoms with Gasteiger partial charge in [0.1, 0.15) is 12.1 Å². The summed E-state index contributed by atoms with van der Waals surface area (Å²) in [5, 5.41) is 0.342. The van der Waals surface area contributed by atoms with Crippen LogP contribution in [0.4, 0.5) is 9.18 Å². The second-order valence-electron chi connectivity index (χ2n) is 4.81. The molecule has 0 saturated heterocycles. The van der Waals surface area contributed by atoms with Gasteiger partial charge in [-0.2, -0.15) is 0 Å². The second-order valence-corrected chi connectivity index (χ2v) is 5.22. The fraction of sp³-hybridized carbons (Fsp3) is 0.286. The number of nitrogens with zero attached hydrogens (tertiary/aromatic N) is 3. The molecule has 20 heavy (non-hydrogen) atoms. The van der Waals surface area contributed by atoms with Crippen LogP contribution in [-0.2, 0) is 6.54 Å². The van der Waals surface area contributed by atoms with Gasteiger partial charge in [-0.3, -0.25) is 4.57 Å². The number of rotatable bonds is 3. The third kappa shape index (κ3) is 2.54. The third-order valence-electron chi connectivity index (χ3n) is 3.35. The highest BCUT2D eigenvalue weighted by Crippen LogP contribution is 2.31. The summed E-state index contributed by atoms with van der Waals surface area (Å²) in [6, 6.07) is 4.49. The topological polar surface area (TPSA) is 38.1 Å². The molecule has 1 aliphatic rings. The summed E-state index contributed by atoms with van der Waals surface area (Å²) in [5.41, 5.74) is 0.356. The smallest absolute Gasteiger partial charge is 0.317 e. The van der Waals surface area contributed by atoms with Crippen molar-refractivity contribution < 1.29 is 9.18 Å². The summed E-state index contributed by atoms with van der Waals surface area (Å²) in [6.45, 7) is 0.174. The van der Waals surface area contributed by atoms with E-state index in [2.05, 4.69) is 4.98 Å². The summed E-state index contributed by atoms with van der Waals surface area (Å²) in [6.07, 6.45) is 6.44. The molecule has 3 rings (SSSR count). The normalized spacial score (nSPS) is 14.3. The van der Waals surface area contributed by atoms with Crippen molar-refractivity contribution in [2.75, 3.05) is 0 Å². The van der Waals surface area contributed by atoms with Crippen molar-refractivity contribution in [1.82, 2.24) is 14.5 Å². The van der Waals surface area contributed by atoms with Gasteiger partial charge in [-0.15, -0.1) is 0 Å². The maximum absolute atomic E-state index is 13.9. The summed E-state index contributed by atoms with van der Waals surface area (Å²) in [7, 11) is 0. The van der Waals surface area contributed by atoms with Crippen LogP contribution in [0.1, 0.15) is 18.4 Å². The van der Waals surface area contributed by atoms with Crippen molar-refractivity contribution in [3.05, 3.63) is 53.3 Å². The molecule has 0 atom stereocenters. The molecule has 104 valence electrons. The first-order valence-electron chi connectivity index (χ1n) is 6.38. The van der Waals surface area contributed by atoms with Crippen LogP contribution in [0.2, 0.25) is 5.02 Å². The molecule has 1 amide bonds. The lowest BCUT2D eigenvalue weighted by atomic mass is 10.2. The van der Waals surface area contributed by atoms with Gasteiger partial charge in [0.15, 0.2) is 0 Å². The number of hydrogen-bond acceptors (Lipinski definition) is 2. The summed E-state index contributed by atoms with van der Waals surface area (Å²) < 4.78 is 15.3. The van der Waals surface area contributed by atoms with E-state index < -0.39 is 0 Å². The molecule has 1 fully saturated rings. The average Bonchev–Trinajstić information content (AvgIpc) is 3.11. The largest absolute Gasteiger partial charge is 0.329 e. The first-order chi connectivity index (χ1) is 9.66. The standard InChI is InChI=1S/C14H13ClFN3O/c15-12-2-1-3-13(16)11(12)8-19(10-4-5-10)14(20)18-7-6-17-9-18/h1-3,6-7,9-10H,4-5,8H2. The molecule has 0 radical (unpaired) electrons. The molecule has 0 bridgehead atoms. The van der Waals surface area contributed by atoms with Gasteiger partial charge in [0.25, 0.3) is 0 Å². The van der Waals surface area contributed by atoms with Gasteiger partial charge in [-0.1, -0.05) is 17.7 Å². The van der Waals surface area contributed by atoms with E-state index in [9.17, 15) is 9.18 Å². The zero-order chi connectivity index (χ0) is 14.1. The molecule has 0 N–H and O–H groups in total. The molecule has 6 heteroatoms. The fourth-order valence-corrected chi connectivity index (χ4v) is 2.34. The van der Waals surface area contributed by atoms with E-state index in [4.69, 9.17) is 11.6 Å². The minimum absolute atomic E-state index is 0.153. The monoisotopic (exact) mass is 293 g/mol. The van der Waals surface area contributed by atoms with Crippen LogP contribution in [0.5, 0.6) is 0 Å². The van der Waals surface area contributed by atoms with E-state index in [0.717, 1.165) is 12.8 Å². The van der Waals surface area contributed by atoms with Gasteiger partial charge < -0.3 is 4.90 Å². The SMILES string of the molecule is O=C(N(Cc1c(F)cccc1Cl)C1CC1)n1ccnc1. The van der Waals surface area contributed by atoms with Crippen LogP contribution in [0.25, 0.3) is 0 Å². The molecule has 0 unspecified atom stereocenters. The molecule has 0 aliphatic heterocycles. The number of benzene rings is 1. The summed E-state index contributed by atoms with van der Waals surface area (Å²) in [5.74, 6) is -0.387. The number of carbonyl (C=O) groups excluding carboxylic acids is 1. The van der Waals surface area contributed by atoms with Crippen LogP contribution in [0.15, 0.2) is 36.9 Å². The summed E-state index contributed by atoms with van der Waals surface area (Å²) in [4.78, 5) is 17.9. The van der Waals surface area contributed by atoms with Gasteiger partial charge in [0, 0.05) is 29.0 Å². The Labute approximate surface area is 120 Å². The van der Waals surface area contributed by atoms with E-state index in [1.54, 1.807) is 29.4 Å². The van der Waals surface area contributed by atoms with Gasteiger partial charge in [-0.05, 0) is 25.0 Å². The molecule has 1 aliphatic carbocycles. The van der Waals surface area contributed by atoms with Crippen LogP contribution in [-0.4, -0.2) is 26.5 Å². The zero-order valence-electron chi connectivity index (χ0n) is 10.7. The highest BCUT2D eigenvalue weighted by atomic mass is 35.5. The molecule has 1 saturated carbocycles. The highest BCUT2D eigenvalue weighted by Gasteiger charge is 2.34. The predicted molar refractivity (Wildman–Crippen MR) is 73.0 cm³/mol. The van der Waals surface area contributed by atoms with E-state index in [0.29, 0.717) is 10.6 Å². The summed E-state index contributed by atoms with van der Waals surface area (Å²) >= 11 is 6.03. The number of hydrogen-bond donors (Lipinski definition) is 0. The Hall–Kier alpha value is -1.88. The first kappa shape index (κ1) is 13.1.